The van der Waals surface area contributed by atoms with E-state index in [0.717, 1.165) is 28.8 Å². The van der Waals surface area contributed by atoms with Crippen LogP contribution in [0.3, 0.4) is 0 Å². The van der Waals surface area contributed by atoms with Crippen LogP contribution in [0.25, 0.3) is 0 Å². The minimum Gasteiger partial charge on any atom is -0.433 e. The highest BCUT2D eigenvalue weighted by Gasteiger charge is 2.60. The molecule has 1 aliphatic carbocycles. The van der Waals surface area contributed by atoms with Gasteiger partial charge in [-0.25, -0.2) is 9.88 Å². The van der Waals surface area contributed by atoms with Crippen LogP contribution >= 0.6 is 11.3 Å². The Morgan fingerprint density at radius 1 is 1.12 bits per heavy atom. The number of fused-ring (bicyclic) bond motifs is 4. The molecule has 4 aliphatic rings. The van der Waals surface area contributed by atoms with Gasteiger partial charge in [0.05, 0.1) is 11.5 Å². The maximum atomic E-state index is 13.2. The van der Waals surface area contributed by atoms with E-state index < -0.39 is 17.4 Å². The molecular weight excluding hydrogens is 426 g/mol. The lowest BCUT2D eigenvalue weighted by Gasteiger charge is -2.39. The van der Waals surface area contributed by atoms with E-state index >= 15 is 0 Å². The molecule has 1 amide bonds. The number of rotatable bonds is 1. The smallest absolute Gasteiger partial charge is 0.344 e. The minimum atomic E-state index is -1.33. The molecule has 5 bridgehead atoms. The zero-order valence-electron chi connectivity index (χ0n) is 17.2. The predicted octanol–water partition coefficient (Wildman–Crippen LogP) is 3.41. The van der Waals surface area contributed by atoms with Crippen molar-refractivity contribution in [3.63, 3.8) is 0 Å². The van der Waals surface area contributed by atoms with Crippen molar-refractivity contribution < 1.29 is 19.4 Å². The first-order valence-electron chi connectivity index (χ1n) is 10.9. The van der Waals surface area contributed by atoms with Crippen molar-refractivity contribution >= 4 is 22.4 Å². The van der Waals surface area contributed by atoms with Crippen LogP contribution < -0.4 is 14.8 Å². The number of aliphatic hydroxyl groups is 1. The fraction of sp³-hybridized carbons (Fsp3) is 0.333. The number of carbonyl (C=O) groups is 1. The minimum absolute atomic E-state index is 0.0389. The average molecular weight is 448 g/mol. The number of amides is 1. The van der Waals surface area contributed by atoms with Crippen molar-refractivity contribution in [2.45, 2.75) is 42.7 Å². The molecule has 1 saturated heterocycles. The fourth-order valence-electron chi connectivity index (χ4n) is 5.25. The zero-order chi connectivity index (χ0) is 21.5. The van der Waals surface area contributed by atoms with E-state index in [1.165, 1.54) is 11.3 Å². The van der Waals surface area contributed by atoms with E-state index in [9.17, 15) is 9.90 Å². The van der Waals surface area contributed by atoms with Crippen molar-refractivity contribution in [2.75, 3.05) is 11.9 Å². The molecule has 3 atom stereocenters. The number of benzene rings is 2. The van der Waals surface area contributed by atoms with Gasteiger partial charge in [0, 0.05) is 17.6 Å². The van der Waals surface area contributed by atoms with Crippen LogP contribution in [0.1, 0.15) is 41.3 Å². The molecule has 3 aromatic rings. The number of anilines is 1. The summed E-state index contributed by atoms with van der Waals surface area (Å²) in [5, 5.41) is 14.7. The van der Waals surface area contributed by atoms with Crippen molar-refractivity contribution in [1.29, 1.82) is 0 Å². The fourth-order valence-corrected chi connectivity index (χ4v) is 6.20. The third-order valence-electron chi connectivity index (χ3n) is 7.10. The summed E-state index contributed by atoms with van der Waals surface area (Å²) in [5.41, 5.74) is 1.38. The Morgan fingerprint density at radius 2 is 1.94 bits per heavy atom. The van der Waals surface area contributed by atoms with E-state index in [-0.39, 0.29) is 11.9 Å². The molecule has 1 aromatic heterocycles. The zero-order valence-corrected chi connectivity index (χ0v) is 18.0. The summed E-state index contributed by atoms with van der Waals surface area (Å²) in [5.74, 6) is -0.205. The molecule has 2 fully saturated rings. The van der Waals surface area contributed by atoms with Gasteiger partial charge >= 0.3 is 5.91 Å². The first kappa shape index (κ1) is 18.6. The second-order valence-corrected chi connectivity index (χ2v) is 9.97. The number of aromatic nitrogens is 1. The third kappa shape index (κ3) is 2.42. The van der Waals surface area contributed by atoms with Gasteiger partial charge < -0.3 is 19.9 Å². The van der Waals surface area contributed by atoms with Crippen molar-refractivity contribution in [3.05, 3.63) is 70.7 Å². The topological polar surface area (TPSA) is 83.9 Å². The molecule has 2 aromatic carbocycles. The number of ether oxygens (including phenoxy) is 2. The monoisotopic (exact) mass is 447 g/mol. The van der Waals surface area contributed by atoms with Crippen LogP contribution in [0.15, 0.2) is 54.7 Å². The number of hydrogen-bond acceptors (Lipinski definition) is 7. The molecule has 2 unspecified atom stereocenters. The molecule has 1 saturated carbocycles. The van der Waals surface area contributed by atoms with Gasteiger partial charge in [0.15, 0.2) is 16.6 Å². The predicted molar refractivity (Wildman–Crippen MR) is 118 cm³/mol. The highest BCUT2D eigenvalue weighted by molar-refractivity contribution is 7.15. The highest BCUT2D eigenvalue weighted by atomic mass is 32.1. The van der Waals surface area contributed by atoms with Crippen molar-refractivity contribution in [1.82, 2.24) is 9.88 Å². The second kappa shape index (κ2) is 6.31. The first-order chi connectivity index (χ1) is 15.6. The summed E-state index contributed by atoms with van der Waals surface area (Å²) in [6.45, 7) is 0.588. The Morgan fingerprint density at radius 3 is 2.75 bits per heavy atom. The molecule has 2 N–H and O–H groups in total. The number of carbonyl (C=O) groups excluding carboxylic acids is 1. The van der Waals surface area contributed by atoms with Crippen LogP contribution in [0.2, 0.25) is 0 Å². The lowest BCUT2D eigenvalue weighted by atomic mass is 9.94. The van der Waals surface area contributed by atoms with Crippen LogP contribution in [-0.4, -0.2) is 39.5 Å². The second-order valence-electron chi connectivity index (χ2n) is 8.91. The quantitative estimate of drug-likeness (QED) is 0.595. The molecule has 0 radical (unpaired) electrons. The Kier molecular flexibility index (Phi) is 3.67. The maximum absolute atomic E-state index is 13.2. The van der Waals surface area contributed by atoms with Crippen molar-refractivity contribution in [2.24, 2.45) is 0 Å². The average Bonchev–Trinajstić information content (AvgIpc) is 3.20. The summed E-state index contributed by atoms with van der Waals surface area (Å²) in [6.07, 6.45) is 3.07. The number of thiazole rings is 1. The first-order valence-corrected chi connectivity index (χ1v) is 11.7. The van der Waals surface area contributed by atoms with E-state index in [1.54, 1.807) is 6.20 Å². The molecule has 162 valence electrons. The largest absolute Gasteiger partial charge is 0.433 e. The molecule has 7 nitrogen and oxygen atoms in total. The SMILES string of the molecule is O=C1Nc2ncc(s2)C(c2ccccc2)N2CC[C@@H](O)C23Oc2ccc(cc2O3)C12CC2. The van der Waals surface area contributed by atoms with E-state index in [2.05, 4.69) is 27.3 Å². The van der Waals surface area contributed by atoms with Gasteiger partial charge in [-0.2, -0.15) is 0 Å². The lowest BCUT2D eigenvalue weighted by molar-refractivity contribution is -0.232. The van der Waals surface area contributed by atoms with Gasteiger partial charge in [0.1, 0.15) is 6.10 Å². The summed E-state index contributed by atoms with van der Waals surface area (Å²) >= 11 is 1.45. The Labute approximate surface area is 188 Å². The van der Waals surface area contributed by atoms with Crippen LogP contribution in [0.4, 0.5) is 5.13 Å². The van der Waals surface area contributed by atoms with E-state index in [0.29, 0.717) is 29.6 Å². The number of nitrogens with zero attached hydrogens (tertiary/aromatic N) is 2. The van der Waals surface area contributed by atoms with E-state index in [1.807, 2.05) is 36.4 Å². The van der Waals surface area contributed by atoms with Crippen LogP contribution in [0, 0.1) is 0 Å². The lowest BCUT2D eigenvalue weighted by Crippen LogP contribution is -2.58. The molecule has 3 aliphatic heterocycles. The van der Waals surface area contributed by atoms with Gasteiger partial charge in [-0.3, -0.25) is 4.79 Å². The number of nitrogens with one attached hydrogen (secondary N) is 1. The molecule has 7 rings (SSSR count). The third-order valence-corrected chi connectivity index (χ3v) is 8.06. The summed E-state index contributed by atoms with van der Waals surface area (Å²) in [7, 11) is 0. The summed E-state index contributed by atoms with van der Waals surface area (Å²) < 4.78 is 12.8. The Balaban J connectivity index is 1.45. The number of hydrogen-bond donors (Lipinski definition) is 2. The summed E-state index contributed by atoms with van der Waals surface area (Å²) in [4.78, 5) is 20.8. The highest BCUT2D eigenvalue weighted by Crippen LogP contribution is 2.55. The molecular formula is C24H21N3O4S. The van der Waals surface area contributed by atoms with Gasteiger partial charge in [-0.15, -0.1) is 0 Å². The van der Waals surface area contributed by atoms with Crippen molar-refractivity contribution in [3.8, 4) is 11.5 Å². The van der Waals surface area contributed by atoms with Crippen LogP contribution in [-0.2, 0) is 10.2 Å². The molecule has 8 heteroatoms. The van der Waals surface area contributed by atoms with Gasteiger partial charge in [-0.1, -0.05) is 47.7 Å². The summed E-state index contributed by atoms with van der Waals surface area (Å²) in [6, 6.07) is 15.5. The van der Waals surface area contributed by atoms with E-state index in [4.69, 9.17) is 9.47 Å². The molecule has 32 heavy (non-hydrogen) atoms. The normalized spacial score (nSPS) is 29.3. The maximum Gasteiger partial charge on any atom is 0.344 e. The number of aliphatic hydroxyl groups excluding tert-OH is 1. The molecule has 4 heterocycles. The Hall–Kier alpha value is -2.94. The van der Waals surface area contributed by atoms with Gasteiger partial charge in [-0.05, 0) is 42.5 Å². The standard InChI is InChI=1S/C24H21N3O4S/c28-19-8-11-27-20(14-4-2-1-3-5-14)18-13-25-22(32-18)26-21(29)23(9-10-23)15-6-7-16-17(12-15)31-24(19,27)30-16/h1-7,12-13,19-20,28H,8-11H2,(H,25,26,29)/t19-,20?,24?/m1/s1. The molecule has 2 spiro atoms. The van der Waals surface area contributed by atoms with Gasteiger partial charge in [0.2, 0.25) is 5.91 Å². The van der Waals surface area contributed by atoms with Gasteiger partial charge in [0.25, 0.3) is 0 Å². The Bertz CT molecular complexity index is 1240. The van der Waals surface area contributed by atoms with Crippen LogP contribution in [0.5, 0.6) is 11.5 Å².